The highest BCUT2D eigenvalue weighted by atomic mass is 35.5. The van der Waals surface area contributed by atoms with Crippen molar-refractivity contribution in [2.45, 2.75) is 0 Å². The third-order valence-electron chi connectivity index (χ3n) is 2.03. The molecule has 2 N–H and O–H groups in total. The van der Waals surface area contributed by atoms with Crippen molar-refractivity contribution in [3.63, 3.8) is 0 Å². The molecule has 2 nitrogen and oxygen atoms in total. The smallest absolute Gasteiger partial charge is 0.206 e. The Labute approximate surface area is 96.3 Å². The van der Waals surface area contributed by atoms with Gasteiger partial charge in [-0.25, -0.2) is 0 Å². The largest absolute Gasteiger partial charge is 0.398 e. The Morgan fingerprint density at radius 1 is 1.27 bits per heavy atom. The highest BCUT2D eigenvalue weighted by Crippen LogP contribution is 2.26. The van der Waals surface area contributed by atoms with E-state index in [1.807, 2.05) is 0 Å². The van der Waals surface area contributed by atoms with Gasteiger partial charge in [0.15, 0.2) is 0 Å². The molecule has 76 valence electrons. The van der Waals surface area contributed by atoms with Gasteiger partial charge in [-0.3, -0.25) is 4.79 Å². The molecule has 0 radical (unpaired) electrons. The first-order valence-electron chi connectivity index (χ1n) is 4.32. The molecule has 0 unspecified atom stereocenters. The Kier molecular flexibility index (Phi) is 2.75. The lowest BCUT2D eigenvalue weighted by molar-refractivity contribution is 0.104. The van der Waals surface area contributed by atoms with Crippen LogP contribution in [0.5, 0.6) is 0 Å². The zero-order chi connectivity index (χ0) is 10.8. The van der Waals surface area contributed by atoms with E-state index in [2.05, 4.69) is 0 Å². The molecule has 2 rings (SSSR count). The van der Waals surface area contributed by atoms with Crippen LogP contribution in [0.2, 0.25) is 5.02 Å². The second kappa shape index (κ2) is 4.04. The van der Waals surface area contributed by atoms with Gasteiger partial charge in [0, 0.05) is 11.3 Å². The fourth-order valence-corrected chi connectivity index (χ4v) is 2.38. The monoisotopic (exact) mass is 237 g/mol. The van der Waals surface area contributed by atoms with Gasteiger partial charge in [-0.1, -0.05) is 23.7 Å². The van der Waals surface area contributed by atoms with Gasteiger partial charge in [0.25, 0.3) is 0 Å². The number of para-hydroxylation sites is 1. The van der Waals surface area contributed by atoms with Crippen molar-refractivity contribution in [3.8, 4) is 0 Å². The van der Waals surface area contributed by atoms with Crippen molar-refractivity contribution >= 4 is 34.4 Å². The summed E-state index contributed by atoms with van der Waals surface area (Å²) in [5.41, 5.74) is 6.70. The normalized spacial score (nSPS) is 10.2. The quantitative estimate of drug-likeness (QED) is 0.644. The molecule has 1 heterocycles. The zero-order valence-corrected chi connectivity index (χ0v) is 9.31. The molecule has 0 bridgehead atoms. The van der Waals surface area contributed by atoms with E-state index < -0.39 is 0 Å². The molecule has 0 fully saturated rings. The van der Waals surface area contributed by atoms with E-state index in [1.54, 1.807) is 35.7 Å². The van der Waals surface area contributed by atoms with Gasteiger partial charge in [-0.2, -0.15) is 0 Å². The van der Waals surface area contributed by atoms with E-state index in [1.165, 1.54) is 11.3 Å². The van der Waals surface area contributed by atoms with E-state index in [-0.39, 0.29) is 5.78 Å². The molecular formula is C11H8ClNOS. The van der Waals surface area contributed by atoms with E-state index in [0.29, 0.717) is 21.2 Å². The summed E-state index contributed by atoms with van der Waals surface area (Å²) in [5, 5.41) is 2.27. The molecule has 0 amide bonds. The number of hydrogen-bond donors (Lipinski definition) is 1. The highest BCUT2D eigenvalue weighted by molar-refractivity contribution is 7.13. The van der Waals surface area contributed by atoms with Gasteiger partial charge in [0.05, 0.1) is 9.90 Å². The predicted molar refractivity (Wildman–Crippen MR) is 63.6 cm³/mol. The number of nitrogen functional groups attached to an aromatic ring is 1. The second-order valence-corrected chi connectivity index (χ2v) is 4.34. The lowest BCUT2D eigenvalue weighted by Crippen LogP contribution is -2.03. The predicted octanol–water partition coefficient (Wildman–Crippen LogP) is 3.21. The molecule has 0 aliphatic rings. The van der Waals surface area contributed by atoms with Crippen LogP contribution in [-0.4, -0.2) is 5.78 Å². The molecule has 0 saturated carbocycles. The summed E-state index contributed by atoms with van der Waals surface area (Å²) in [6, 6.07) is 8.69. The van der Waals surface area contributed by atoms with Crippen LogP contribution >= 0.6 is 22.9 Å². The van der Waals surface area contributed by atoms with Crippen LogP contribution in [0.25, 0.3) is 0 Å². The Hall–Kier alpha value is -1.32. The average Bonchev–Trinajstić information content (AvgIpc) is 2.64. The number of anilines is 1. The summed E-state index contributed by atoms with van der Waals surface area (Å²) < 4.78 is 0. The van der Waals surface area contributed by atoms with Crippen molar-refractivity contribution in [1.82, 2.24) is 0 Å². The van der Waals surface area contributed by atoms with E-state index >= 15 is 0 Å². The SMILES string of the molecule is Nc1ccccc1C(=O)c1sccc1Cl. The molecule has 0 spiro atoms. The minimum absolute atomic E-state index is 0.117. The van der Waals surface area contributed by atoms with Gasteiger partial charge >= 0.3 is 0 Å². The van der Waals surface area contributed by atoms with Crippen molar-refractivity contribution in [2.75, 3.05) is 5.73 Å². The van der Waals surface area contributed by atoms with E-state index in [4.69, 9.17) is 17.3 Å². The summed E-state index contributed by atoms with van der Waals surface area (Å²) in [5.74, 6) is -0.117. The molecular weight excluding hydrogens is 230 g/mol. The Morgan fingerprint density at radius 3 is 2.60 bits per heavy atom. The maximum Gasteiger partial charge on any atom is 0.206 e. The molecule has 15 heavy (non-hydrogen) atoms. The Balaban J connectivity index is 2.46. The van der Waals surface area contributed by atoms with E-state index in [0.717, 1.165) is 0 Å². The fourth-order valence-electron chi connectivity index (χ4n) is 1.28. The number of nitrogens with two attached hydrogens (primary N) is 1. The zero-order valence-electron chi connectivity index (χ0n) is 7.74. The van der Waals surface area contributed by atoms with Crippen molar-refractivity contribution < 1.29 is 4.79 Å². The number of carbonyl (C=O) groups excluding carboxylic acids is 1. The van der Waals surface area contributed by atoms with Gasteiger partial charge in [-0.15, -0.1) is 11.3 Å². The number of ketones is 1. The third-order valence-corrected chi connectivity index (χ3v) is 3.37. The summed E-state index contributed by atoms with van der Waals surface area (Å²) in [7, 11) is 0. The second-order valence-electron chi connectivity index (χ2n) is 3.01. The molecule has 1 aromatic heterocycles. The van der Waals surface area contributed by atoms with Gasteiger partial charge in [0.2, 0.25) is 5.78 Å². The van der Waals surface area contributed by atoms with Crippen LogP contribution < -0.4 is 5.73 Å². The van der Waals surface area contributed by atoms with Gasteiger partial charge < -0.3 is 5.73 Å². The summed E-state index contributed by atoms with van der Waals surface area (Å²) in [6.07, 6.45) is 0. The third kappa shape index (κ3) is 1.89. The lowest BCUT2D eigenvalue weighted by atomic mass is 10.1. The number of carbonyl (C=O) groups is 1. The van der Waals surface area contributed by atoms with Crippen LogP contribution in [-0.2, 0) is 0 Å². The standard InChI is InChI=1S/C11H8ClNOS/c12-8-5-6-15-11(8)10(14)7-3-1-2-4-9(7)13/h1-6H,13H2. The Morgan fingerprint density at radius 2 is 2.00 bits per heavy atom. The first-order valence-corrected chi connectivity index (χ1v) is 5.58. The molecule has 0 aliphatic carbocycles. The molecule has 4 heteroatoms. The first-order chi connectivity index (χ1) is 7.20. The minimum atomic E-state index is -0.117. The lowest BCUT2D eigenvalue weighted by Gasteiger charge is -2.02. The molecule has 0 atom stereocenters. The van der Waals surface area contributed by atoms with E-state index in [9.17, 15) is 4.79 Å². The molecule has 2 aromatic rings. The fraction of sp³-hybridized carbons (Fsp3) is 0. The molecule has 0 saturated heterocycles. The van der Waals surface area contributed by atoms with Crippen LogP contribution in [0, 0.1) is 0 Å². The number of rotatable bonds is 2. The van der Waals surface area contributed by atoms with Gasteiger partial charge in [0.1, 0.15) is 0 Å². The number of halogens is 1. The molecule has 0 aliphatic heterocycles. The van der Waals surface area contributed by atoms with Crippen molar-refractivity contribution in [3.05, 3.63) is 51.2 Å². The highest BCUT2D eigenvalue weighted by Gasteiger charge is 2.15. The number of benzene rings is 1. The first kappa shape index (κ1) is 10.2. The average molecular weight is 238 g/mol. The van der Waals surface area contributed by atoms with Crippen LogP contribution in [0.1, 0.15) is 15.2 Å². The summed E-state index contributed by atoms with van der Waals surface area (Å²) >= 11 is 7.21. The maximum absolute atomic E-state index is 12.0. The Bertz CT molecular complexity index is 507. The minimum Gasteiger partial charge on any atom is -0.398 e. The maximum atomic E-state index is 12.0. The number of thiophene rings is 1. The molecule has 1 aromatic carbocycles. The summed E-state index contributed by atoms with van der Waals surface area (Å²) in [6.45, 7) is 0. The van der Waals surface area contributed by atoms with Crippen molar-refractivity contribution in [2.24, 2.45) is 0 Å². The topological polar surface area (TPSA) is 43.1 Å². The van der Waals surface area contributed by atoms with Crippen molar-refractivity contribution in [1.29, 1.82) is 0 Å². The van der Waals surface area contributed by atoms with Crippen LogP contribution in [0.15, 0.2) is 35.7 Å². The van der Waals surface area contributed by atoms with Gasteiger partial charge in [-0.05, 0) is 23.6 Å². The van der Waals surface area contributed by atoms with Crippen LogP contribution in [0.4, 0.5) is 5.69 Å². The summed E-state index contributed by atoms with van der Waals surface area (Å²) in [4.78, 5) is 12.5. The van der Waals surface area contributed by atoms with Crippen LogP contribution in [0.3, 0.4) is 0 Å². The number of hydrogen-bond acceptors (Lipinski definition) is 3.